The normalized spacial score (nSPS) is 16.0. The van der Waals surface area contributed by atoms with Gasteiger partial charge in [0.15, 0.2) is 0 Å². The number of amides is 1. The molecule has 0 atom stereocenters. The number of allylic oxidation sites excluding steroid dienone is 2. The molecule has 0 fully saturated rings. The van der Waals surface area contributed by atoms with Gasteiger partial charge in [0.25, 0.3) is 0 Å². The number of hydrogen-bond donors (Lipinski definition) is 1. The Bertz CT molecular complexity index is 785. The van der Waals surface area contributed by atoms with Gasteiger partial charge in [0.05, 0.1) is 0 Å². The topological polar surface area (TPSA) is 29.1 Å². The highest BCUT2D eigenvalue weighted by Crippen LogP contribution is 2.56. The van der Waals surface area contributed by atoms with Crippen LogP contribution in [-0.2, 0) is 4.79 Å². The summed E-state index contributed by atoms with van der Waals surface area (Å²) >= 11 is 0. The van der Waals surface area contributed by atoms with Gasteiger partial charge in [-0.05, 0) is 47.1 Å². The fourth-order valence-electron chi connectivity index (χ4n) is 3.53. The van der Waals surface area contributed by atoms with Gasteiger partial charge in [-0.1, -0.05) is 56.3 Å². The first-order chi connectivity index (χ1) is 10.9. The van der Waals surface area contributed by atoms with Gasteiger partial charge in [-0.2, -0.15) is 0 Å². The van der Waals surface area contributed by atoms with E-state index < -0.39 is 0 Å². The zero-order valence-electron chi connectivity index (χ0n) is 14.2. The molecule has 0 spiro atoms. The van der Waals surface area contributed by atoms with Gasteiger partial charge >= 0.3 is 0 Å². The third-order valence-corrected chi connectivity index (χ3v) is 4.47. The van der Waals surface area contributed by atoms with Crippen molar-refractivity contribution in [2.24, 2.45) is 5.41 Å². The molecule has 23 heavy (non-hydrogen) atoms. The van der Waals surface area contributed by atoms with Crippen molar-refractivity contribution in [1.29, 1.82) is 0 Å². The third-order valence-electron chi connectivity index (χ3n) is 4.47. The molecule has 0 heterocycles. The zero-order valence-corrected chi connectivity index (χ0v) is 14.2. The number of benzene rings is 2. The summed E-state index contributed by atoms with van der Waals surface area (Å²) in [5.41, 5.74) is 7.36. The number of aryl methyl sites for hydroxylation is 1. The second kappa shape index (κ2) is 5.69. The molecule has 0 aliphatic heterocycles. The van der Waals surface area contributed by atoms with Crippen LogP contribution in [0.15, 0.2) is 48.5 Å². The molecule has 2 aromatic rings. The van der Waals surface area contributed by atoms with Crippen LogP contribution in [0, 0.1) is 12.3 Å². The van der Waals surface area contributed by atoms with E-state index in [2.05, 4.69) is 61.6 Å². The Kier molecular flexibility index (Phi) is 3.85. The van der Waals surface area contributed by atoms with Crippen LogP contribution < -0.4 is 5.32 Å². The van der Waals surface area contributed by atoms with E-state index in [9.17, 15) is 4.79 Å². The molecule has 3 rings (SSSR count). The SMILES string of the molecule is CC(=O)Nc1cc(C)ccc1C1=C(c2ccccc2)C(C)(C)C1. The average Bonchev–Trinajstić information content (AvgIpc) is 2.46. The first-order valence-corrected chi connectivity index (χ1v) is 8.06. The predicted octanol–water partition coefficient (Wildman–Crippen LogP) is 5.29. The molecule has 2 aromatic carbocycles. The summed E-state index contributed by atoms with van der Waals surface area (Å²) in [6, 6.07) is 16.8. The molecule has 118 valence electrons. The molecule has 1 amide bonds. The summed E-state index contributed by atoms with van der Waals surface area (Å²) in [6.45, 7) is 8.17. The van der Waals surface area contributed by atoms with E-state index in [4.69, 9.17) is 0 Å². The van der Waals surface area contributed by atoms with E-state index in [1.807, 2.05) is 13.0 Å². The maximum Gasteiger partial charge on any atom is 0.221 e. The van der Waals surface area contributed by atoms with Crippen LogP contribution in [0.25, 0.3) is 11.1 Å². The molecule has 0 bridgehead atoms. The molecular formula is C21H23NO. The fourth-order valence-corrected chi connectivity index (χ4v) is 3.53. The van der Waals surface area contributed by atoms with E-state index in [1.54, 1.807) is 6.92 Å². The van der Waals surface area contributed by atoms with Crippen molar-refractivity contribution in [2.45, 2.75) is 34.1 Å². The summed E-state index contributed by atoms with van der Waals surface area (Å²) < 4.78 is 0. The number of hydrogen-bond acceptors (Lipinski definition) is 1. The third kappa shape index (κ3) is 2.94. The number of carbonyl (C=O) groups is 1. The van der Waals surface area contributed by atoms with Crippen molar-refractivity contribution in [3.63, 3.8) is 0 Å². The molecule has 0 aromatic heterocycles. The van der Waals surface area contributed by atoms with E-state index in [-0.39, 0.29) is 11.3 Å². The molecule has 0 unspecified atom stereocenters. The Labute approximate surface area is 138 Å². The molecule has 0 radical (unpaired) electrons. The lowest BCUT2D eigenvalue weighted by Crippen LogP contribution is -2.26. The number of nitrogens with one attached hydrogen (secondary N) is 1. The number of rotatable bonds is 3. The second-order valence-electron chi connectivity index (χ2n) is 7.01. The Hall–Kier alpha value is -2.35. The van der Waals surface area contributed by atoms with Crippen LogP contribution in [0.5, 0.6) is 0 Å². The Morgan fingerprint density at radius 3 is 2.39 bits per heavy atom. The van der Waals surface area contributed by atoms with Crippen LogP contribution in [0.4, 0.5) is 5.69 Å². The quantitative estimate of drug-likeness (QED) is 0.819. The van der Waals surface area contributed by atoms with Crippen LogP contribution in [-0.4, -0.2) is 5.91 Å². The van der Waals surface area contributed by atoms with Gasteiger partial charge < -0.3 is 5.32 Å². The highest BCUT2D eigenvalue weighted by Gasteiger charge is 2.38. The average molecular weight is 305 g/mol. The Morgan fingerprint density at radius 1 is 1.09 bits per heavy atom. The summed E-state index contributed by atoms with van der Waals surface area (Å²) in [4.78, 5) is 11.6. The van der Waals surface area contributed by atoms with Gasteiger partial charge in [0, 0.05) is 18.2 Å². The summed E-state index contributed by atoms with van der Waals surface area (Å²) in [7, 11) is 0. The molecule has 1 aliphatic carbocycles. The number of carbonyl (C=O) groups excluding carboxylic acids is 1. The molecule has 0 saturated carbocycles. The minimum absolute atomic E-state index is 0.0303. The smallest absolute Gasteiger partial charge is 0.221 e. The zero-order chi connectivity index (χ0) is 16.6. The van der Waals surface area contributed by atoms with Crippen molar-refractivity contribution < 1.29 is 4.79 Å². The van der Waals surface area contributed by atoms with Crippen molar-refractivity contribution in [2.75, 3.05) is 5.32 Å². The Balaban J connectivity index is 2.16. The van der Waals surface area contributed by atoms with Gasteiger partial charge in [0.2, 0.25) is 5.91 Å². The van der Waals surface area contributed by atoms with Gasteiger partial charge in [-0.15, -0.1) is 0 Å². The standard InChI is InChI=1S/C21H23NO/c1-14-10-11-17(19(12-14)22-15(2)23)18-13-21(3,4)20(18)16-8-6-5-7-9-16/h5-12H,13H2,1-4H3,(H,22,23). The van der Waals surface area contributed by atoms with Crippen LogP contribution in [0.2, 0.25) is 0 Å². The van der Waals surface area contributed by atoms with Crippen molar-refractivity contribution in [3.05, 3.63) is 65.2 Å². The minimum atomic E-state index is -0.0303. The second-order valence-corrected chi connectivity index (χ2v) is 7.01. The molecule has 1 N–H and O–H groups in total. The molecule has 0 saturated heterocycles. The van der Waals surface area contributed by atoms with E-state index in [1.165, 1.54) is 16.7 Å². The predicted molar refractivity (Wildman–Crippen MR) is 97.1 cm³/mol. The van der Waals surface area contributed by atoms with Crippen LogP contribution in [0.1, 0.15) is 43.9 Å². The fraction of sp³-hybridized carbons (Fsp3) is 0.286. The molecular weight excluding hydrogens is 282 g/mol. The van der Waals surface area contributed by atoms with Crippen LogP contribution in [0.3, 0.4) is 0 Å². The van der Waals surface area contributed by atoms with Crippen LogP contribution >= 0.6 is 0 Å². The van der Waals surface area contributed by atoms with Gasteiger partial charge in [0.1, 0.15) is 0 Å². The molecule has 2 heteroatoms. The van der Waals surface area contributed by atoms with E-state index in [0.717, 1.165) is 23.2 Å². The van der Waals surface area contributed by atoms with Crippen molar-refractivity contribution in [3.8, 4) is 0 Å². The maximum atomic E-state index is 11.6. The molecule has 1 aliphatic rings. The van der Waals surface area contributed by atoms with Crippen molar-refractivity contribution >= 4 is 22.7 Å². The largest absolute Gasteiger partial charge is 0.326 e. The lowest BCUT2D eigenvalue weighted by atomic mass is 9.62. The summed E-state index contributed by atoms with van der Waals surface area (Å²) in [6.07, 6.45) is 1.02. The molecule has 2 nitrogen and oxygen atoms in total. The minimum Gasteiger partial charge on any atom is -0.326 e. The lowest BCUT2D eigenvalue weighted by molar-refractivity contribution is -0.114. The Morgan fingerprint density at radius 2 is 1.78 bits per heavy atom. The number of anilines is 1. The van der Waals surface area contributed by atoms with E-state index >= 15 is 0 Å². The first-order valence-electron chi connectivity index (χ1n) is 8.06. The first kappa shape index (κ1) is 15.5. The highest BCUT2D eigenvalue weighted by molar-refractivity contribution is 6.04. The van der Waals surface area contributed by atoms with Gasteiger partial charge in [-0.3, -0.25) is 4.79 Å². The summed E-state index contributed by atoms with van der Waals surface area (Å²) in [5, 5.41) is 2.99. The summed E-state index contributed by atoms with van der Waals surface area (Å²) in [5.74, 6) is -0.0303. The highest BCUT2D eigenvalue weighted by atomic mass is 16.1. The van der Waals surface area contributed by atoms with Gasteiger partial charge in [-0.25, -0.2) is 0 Å². The monoisotopic (exact) mass is 305 g/mol. The maximum absolute atomic E-state index is 11.6. The van der Waals surface area contributed by atoms with E-state index in [0.29, 0.717) is 0 Å². The lowest BCUT2D eigenvalue weighted by Gasteiger charge is -2.42. The van der Waals surface area contributed by atoms with Crippen molar-refractivity contribution in [1.82, 2.24) is 0 Å².